The Morgan fingerprint density at radius 2 is 2.00 bits per heavy atom. The average Bonchev–Trinajstić information content (AvgIpc) is 1.90. The first kappa shape index (κ1) is 6.57. The standard InChI is InChI=1S/C5H10NO.Al/c7-5-1-3-6-4-2-5;/h5-6H,1-4H2;/q-1;+1. The number of nitrogens with one attached hydrogen (secondary N) is 1. The lowest BCUT2D eigenvalue weighted by atomic mass is 10.1. The van der Waals surface area contributed by atoms with Crippen molar-refractivity contribution in [2.24, 2.45) is 0 Å². The molecule has 0 aromatic rings. The lowest BCUT2D eigenvalue weighted by Gasteiger charge is -2.22. The van der Waals surface area contributed by atoms with E-state index in [1.165, 1.54) is 0 Å². The van der Waals surface area contributed by atoms with Crippen molar-refractivity contribution in [3.05, 3.63) is 0 Å². The molecule has 1 saturated heterocycles. The molecule has 0 spiro atoms. The molecule has 2 nitrogen and oxygen atoms in total. The fourth-order valence-corrected chi connectivity index (χ4v) is 1.20. The van der Waals surface area contributed by atoms with Crippen LogP contribution in [0.3, 0.4) is 0 Å². The summed E-state index contributed by atoms with van der Waals surface area (Å²) in [6.07, 6.45) is 2.80. The van der Waals surface area contributed by atoms with Gasteiger partial charge in [-0.2, -0.15) is 0 Å². The highest BCUT2D eigenvalue weighted by atomic mass is 27.1. The van der Waals surface area contributed by atoms with Crippen LogP contribution in [0.4, 0.5) is 0 Å². The van der Waals surface area contributed by atoms with Gasteiger partial charge in [0, 0.05) is 6.10 Å². The molecular formula is C5H10AlNO. The van der Waals surface area contributed by atoms with Crippen LogP contribution in [0, 0.1) is 0 Å². The predicted octanol–water partition coefficient (Wildman–Crippen LogP) is -0.162. The van der Waals surface area contributed by atoms with Gasteiger partial charge in [-0.1, -0.05) is 0 Å². The third-order valence-corrected chi connectivity index (χ3v) is 1.86. The van der Waals surface area contributed by atoms with E-state index in [1.54, 1.807) is 0 Å². The smallest absolute Gasteiger partial charge is 0.369 e. The summed E-state index contributed by atoms with van der Waals surface area (Å²) in [7, 11) is 0. The molecule has 3 heteroatoms. The Balaban J connectivity index is 2.13. The molecular weight excluding hydrogens is 117 g/mol. The van der Waals surface area contributed by atoms with E-state index >= 15 is 0 Å². The van der Waals surface area contributed by atoms with Gasteiger partial charge in [-0.15, -0.1) is 0 Å². The Hall–Kier alpha value is 0.452. The van der Waals surface area contributed by atoms with Crippen LogP contribution in [-0.4, -0.2) is 35.8 Å². The van der Waals surface area contributed by atoms with Crippen molar-refractivity contribution >= 4 is 16.6 Å². The molecule has 1 aliphatic heterocycles. The summed E-state index contributed by atoms with van der Waals surface area (Å²) in [5, 5.41) is 3.26. The van der Waals surface area contributed by atoms with E-state index in [4.69, 9.17) is 3.79 Å². The maximum absolute atomic E-state index is 5.07. The zero-order chi connectivity index (χ0) is 5.82. The zero-order valence-electron chi connectivity index (χ0n) is 4.89. The average molecular weight is 127 g/mol. The van der Waals surface area contributed by atoms with Crippen molar-refractivity contribution in [3.63, 3.8) is 0 Å². The second-order valence-electron chi connectivity index (χ2n) is 2.09. The van der Waals surface area contributed by atoms with Crippen molar-refractivity contribution in [1.82, 2.24) is 5.32 Å². The molecule has 0 saturated carbocycles. The van der Waals surface area contributed by atoms with Gasteiger partial charge in [0.2, 0.25) is 0 Å². The zero-order valence-corrected chi connectivity index (χ0v) is 6.05. The Morgan fingerprint density at radius 3 is 2.38 bits per heavy atom. The molecule has 0 bridgehead atoms. The van der Waals surface area contributed by atoms with Gasteiger partial charge in [0.25, 0.3) is 0 Å². The van der Waals surface area contributed by atoms with Crippen LogP contribution in [0.1, 0.15) is 12.8 Å². The monoisotopic (exact) mass is 127 g/mol. The predicted molar refractivity (Wildman–Crippen MR) is 32.7 cm³/mol. The lowest BCUT2D eigenvalue weighted by molar-refractivity contribution is 0.178. The number of hydrogen-bond donors (Lipinski definition) is 1. The third-order valence-electron chi connectivity index (χ3n) is 1.48. The first-order chi connectivity index (χ1) is 3.93. The molecule has 44 valence electrons. The van der Waals surface area contributed by atoms with Crippen molar-refractivity contribution in [3.8, 4) is 0 Å². The molecule has 1 aliphatic rings. The third kappa shape index (κ3) is 1.76. The number of piperidine rings is 1. The normalized spacial score (nSPS) is 23.5. The van der Waals surface area contributed by atoms with Crippen LogP contribution in [0.2, 0.25) is 0 Å². The van der Waals surface area contributed by atoms with Crippen LogP contribution in [0.15, 0.2) is 0 Å². The second kappa shape index (κ2) is 3.47. The summed E-state index contributed by atoms with van der Waals surface area (Å²) in [5.74, 6) is 0. The highest BCUT2D eigenvalue weighted by Gasteiger charge is 2.08. The molecule has 0 atom stereocenters. The van der Waals surface area contributed by atoms with Crippen LogP contribution < -0.4 is 5.32 Å². The molecule has 0 aromatic carbocycles. The van der Waals surface area contributed by atoms with E-state index in [1.807, 2.05) is 0 Å². The summed E-state index contributed by atoms with van der Waals surface area (Å²) in [5.41, 5.74) is 0. The molecule has 1 fully saturated rings. The minimum absolute atomic E-state index is 0.487. The summed E-state index contributed by atoms with van der Waals surface area (Å²) < 4.78 is 5.07. The minimum Gasteiger partial charge on any atom is -0.514 e. The lowest BCUT2D eigenvalue weighted by Crippen LogP contribution is -2.31. The maximum Gasteiger partial charge on any atom is 0.369 e. The molecule has 2 radical (unpaired) electrons. The SMILES string of the molecule is [Al][O]C1CCNCC1. The Labute approximate surface area is 58.4 Å². The minimum atomic E-state index is 0.487. The van der Waals surface area contributed by atoms with Gasteiger partial charge in [-0.05, 0) is 25.9 Å². The molecule has 1 rings (SSSR count). The highest BCUT2D eigenvalue weighted by Crippen LogP contribution is 2.03. The molecule has 8 heavy (non-hydrogen) atoms. The fourth-order valence-electron chi connectivity index (χ4n) is 0.932. The first-order valence-electron chi connectivity index (χ1n) is 3.00. The molecule has 0 amide bonds. The Bertz CT molecular complexity index is 63.4. The topological polar surface area (TPSA) is 21.3 Å². The second-order valence-corrected chi connectivity index (χ2v) is 2.36. The van der Waals surface area contributed by atoms with E-state index < -0.39 is 0 Å². The van der Waals surface area contributed by atoms with Crippen LogP contribution in [-0.2, 0) is 3.79 Å². The van der Waals surface area contributed by atoms with Gasteiger partial charge in [0.15, 0.2) is 0 Å². The highest BCUT2D eigenvalue weighted by molar-refractivity contribution is 5.98. The van der Waals surface area contributed by atoms with Gasteiger partial charge in [0.05, 0.1) is 0 Å². The van der Waals surface area contributed by atoms with Crippen molar-refractivity contribution in [2.75, 3.05) is 13.1 Å². The maximum atomic E-state index is 5.07. The largest absolute Gasteiger partial charge is 0.514 e. The van der Waals surface area contributed by atoms with Crippen molar-refractivity contribution < 1.29 is 3.79 Å². The van der Waals surface area contributed by atoms with Crippen LogP contribution in [0.5, 0.6) is 0 Å². The van der Waals surface area contributed by atoms with E-state index in [0.717, 1.165) is 25.9 Å². The van der Waals surface area contributed by atoms with Crippen molar-refractivity contribution in [2.45, 2.75) is 18.9 Å². The Morgan fingerprint density at radius 1 is 1.38 bits per heavy atom. The van der Waals surface area contributed by atoms with Crippen LogP contribution in [0.25, 0.3) is 0 Å². The molecule has 1 N–H and O–H groups in total. The van der Waals surface area contributed by atoms with E-state index in [9.17, 15) is 0 Å². The summed E-state index contributed by atoms with van der Waals surface area (Å²) in [4.78, 5) is 0. The molecule has 0 aliphatic carbocycles. The number of rotatable bonds is 1. The van der Waals surface area contributed by atoms with Gasteiger partial charge in [-0.25, -0.2) is 0 Å². The molecule has 0 aromatic heterocycles. The fraction of sp³-hybridized carbons (Fsp3) is 1.00. The molecule has 0 unspecified atom stereocenters. The summed E-state index contributed by atoms with van der Waals surface area (Å²) >= 11 is 2.32. The van der Waals surface area contributed by atoms with E-state index in [-0.39, 0.29) is 0 Å². The molecule has 1 heterocycles. The number of hydrogen-bond acceptors (Lipinski definition) is 2. The summed E-state index contributed by atoms with van der Waals surface area (Å²) in [6.45, 7) is 2.22. The van der Waals surface area contributed by atoms with Crippen LogP contribution >= 0.6 is 0 Å². The van der Waals surface area contributed by atoms with Gasteiger partial charge >= 0.3 is 16.6 Å². The van der Waals surface area contributed by atoms with E-state index in [2.05, 4.69) is 21.9 Å². The van der Waals surface area contributed by atoms with Gasteiger partial charge < -0.3 is 9.11 Å². The van der Waals surface area contributed by atoms with Gasteiger partial charge in [0.1, 0.15) is 0 Å². The Kier molecular flexibility index (Phi) is 2.85. The first-order valence-corrected chi connectivity index (χ1v) is 3.47. The van der Waals surface area contributed by atoms with Crippen molar-refractivity contribution in [1.29, 1.82) is 0 Å². The quantitative estimate of drug-likeness (QED) is 0.494. The summed E-state index contributed by atoms with van der Waals surface area (Å²) in [6, 6.07) is 0. The van der Waals surface area contributed by atoms with E-state index in [0.29, 0.717) is 6.10 Å². The van der Waals surface area contributed by atoms with Gasteiger partial charge in [-0.3, -0.25) is 0 Å².